The van der Waals surface area contributed by atoms with E-state index >= 15 is 0 Å². The molecule has 1 aromatic carbocycles. The normalized spacial score (nSPS) is 12.5. The predicted molar refractivity (Wildman–Crippen MR) is 49.9 cm³/mol. The minimum atomic E-state index is -1.22. The van der Waals surface area contributed by atoms with Gasteiger partial charge in [0.05, 0.1) is 0 Å². The van der Waals surface area contributed by atoms with Gasteiger partial charge in [-0.1, -0.05) is 0 Å². The lowest BCUT2D eigenvalue weighted by Gasteiger charge is -2.09. The van der Waals surface area contributed by atoms with Crippen molar-refractivity contribution < 1.29 is 15.0 Å². The van der Waals surface area contributed by atoms with E-state index in [0.29, 0.717) is 4.90 Å². The maximum atomic E-state index is 10.5. The summed E-state index contributed by atoms with van der Waals surface area (Å²) in [6.45, 7) is 0. The highest BCUT2D eigenvalue weighted by atomic mass is 32.1. The standard InChI is InChI=1S/C8H9NO3S/c9-7(8(11)12)5-3-4(13)1-2-6(5)10/h1-3,7,10,13H,9H2,(H,11,12)/t7-/m1/s1. The number of hydrogen-bond donors (Lipinski definition) is 4. The van der Waals surface area contributed by atoms with Crippen LogP contribution in [0.4, 0.5) is 0 Å². The van der Waals surface area contributed by atoms with Crippen molar-refractivity contribution in [1.29, 1.82) is 0 Å². The highest BCUT2D eigenvalue weighted by Crippen LogP contribution is 2.25. The summed E-state index contributed by atoms with van der Waals surface area (Å²) in [6.07, 6.45) is 0. The number of carbonyl (C=O) groups is 1. The van der Waals surface area contributed by atoms with Gasteiger partial charge < -0.3 is 15.9 Å². The van der Waals surface area contributed by atoms with Crippen molar-refractivity contribution in [3.63, 3.8) is 0 Å². The van der Waals surface area contributed by atoms with E-state index in [1.807, 2.05) is 0 Å². The van der Waals surface area contributed by atoms with Crippen LogP contribution >= 0.6 is 12.6 Å². The Kier molecular flexibility index (Phi) is 2.79. The van der Waals surface area contributed by atoms with Crippen molar-refractivity contribution >= 4 is 18.6 Å². The van der Waals surface area contributed by atoms with Crippen LogP contribution in [0.15, 0.2) is 23.1 Å². The number of phenolic OH excluding ortho intramolecular Hbond substituents is 1. The molecule has 0 aromatic heterocycles. The summed E-state index contributed by atoms with van der Waals surface area (Å²) < 4.78 is 0. The van der Waals surface area contributed by atoms with Crippen molar-refractivity contribution in [2.24, 2.45) is 5.73 Å². The summed E-state index contributed by atoms with van der Waals surface area (Å²) >= 11 is 4.00. The number of benzene rings is 1. The van der Waals surface area contributed by atoms with Crippen LogP contribution in [0.2, 0.25) is 0 Å². The first-order valence-corrected chi connectivity index (χ1v) is 3.97. The van der Waals surface area contributed by atoms with Crippen LogP contribution in [-0.4, -0.2) is 16.2 Å². The Labute approximate surface area is 80.4 Å². The Morgan fingerprint density at radius 1 is 1.54 bits per heavy atom. The smallest absolute Gasteiger partial charge is 0.325 e. The molecule has 0 aliphatic carbocycles. The Bertz CT molecular complexity index is 340. The van der Waals surface area contributed by atoms with Gasteiger partial charge in [-0.25, -0.2) is 0 Å². The van der Waals surface area contributed by atoms with E-state index in [1.54, 1.807) is 6.07 Å². The van der Waals surface area contributed by atoms with Crippen LogP contribution < -0.4 is 5.73 Å². The number of carboxylic acid groups (broad SMARTS) is 1. The number of hydrogen-bond acceptors (Lipinski definition) is 4. The molecule has 1 rings (SSSR count). The van der Waals surface area contributed by atoms with Crippen LogP contribution in [0.1, 0.15) is 11.6 Å². The number of aliphatic carboxylic acids is 1. The summed E-state index contributed by atoms with van der Waals surface area (Å²) in [4.78, 5) is 11.1. The Morgan fingerprint density at radius 2 is 2.15 bits per heavy atom. The van der Waals surface area contributed by atoms with Crippen LogP contribution in [-0.2, 0) is 4.79 Å². The van der Waals surface area contributed by atoms with Crippen molar-refractivity contribution in [3.05, 3.63) is 23.8 Å². The monoisotopic (exact) mass is 199 g/mol. The number of aromatic hydroxyl groups is 1. The molecule has 13 heavy (non-hydrogen) atoms. The number of carboxylic acids is 1. The van der Waals surface area contributed by atoms with E-state index in [2.05, 4.69) is 12.6 Å². The minimum absolute atomic E-state index is 0.132. The third-order valence-corrected chi connectivity index (χ3v) is 1.89. The molecule has 0 saturated heterocycles. The molecule has 1 aromatic rings. The molecule has 0 saturated carbocycles. The van der Waals surface area contributed by atoms with Gasteiger partial charge in [0.15, 0.2) is 0 Å². The maximum Gasteiger partial charge on any atom is 0.325 e. The second-order valence-corrected chi connectivity index (χ2v) is 3.08. The second-order valence-electron chi connectivity index (χ2n) is 2.56. The summed E-state index contributed by atoms with van der Waals surface area (Å²) in [5, 5.41) is 17.9. The topological polar surface area (TPSA) is 83.6 Å². The van der Waals surface area contributed by atoms with E-state index in [9.17, 15) is 9.90 Å². The lowest BCUT2D eigenvalue weighted by Crippen LogP contribution is -2.20. The molecule has 0 aliphatic rings. The van der Waals surface area contributed by atoms with E-state index in [-0.39, 0.29) is 11.3 Å². The molecule has 0 radical (unpaired) electrons. The third kappa shape index (κ3) is 2.13. The second kappa shape index (κ2) is 3.68. The van der Waals surface area contributed by atoms with E-state index < -0.39 is 12.0 Å². The number of phenols is 1. The fourth-order valence-corrected chi connectivity index (χ4v) is 1.14. The van der Waals surface area contributed by atoms with Gasteiger partial charge in [0.2, 0.25) is 0 Å². The van der Waals surface area contributed by atoms with Gasteiger partial charge in [-0.05, 0) is 18.2 Å². The average molecular weight is 199 g/mol. The van der Waals surface area contributed by atoms with Crippen LogP contribution in [0.5, 0.6) is 5.75 Å². The Morgan fingerprint density at radius 3 is 2.69 bits per heavy atom. The van der Waals surface area contributed by atoms with Gasteiger partial charge in [0.1, 0.15) is 11.8 Å². The van der Waals surface area contributed by atoms with Crippen molar-refractivity contribution in [1.82, 2.24) is 0 Å². The van der Waals surface area contributed by atoms with Gasteiger partial charge in [0, 0.05) is 10.5 Å². The molecule has 0 unspecified atom stereocenters. The molecule has 70 valence electrons. The molecule has 0 spiro atoms. The highest BCUT2D eigenvalue weighted by Gasteiger charge is 2.17. The van der Waals surface area contributed by atoms with Crippen molar-refractivity contribution in [2.45, 2.75) is 10.9 Å². The third-order valence-electron chi connectivity index (χ3n) is 1.61. The molecule has 1 atom stereocenters. The van der Waals surface area contributed by atoms with Gasteiger partial charge in [-0.2, -0.15) is 0 Å². The van der Waals surface area contributed by atoms with Crippen molar-refractivity contribution in [2.75, 3.05) is 0 Å². The molecule has 4 nitrogen and oxygen atoms in total. The number of thiol groups is 1. The first-order chi connectivity index (χ1) is 6.02. The molecular weight excluding hydrogens is 190 g/mol. The molecule has 0 amide bonds. The summed E-state index contributed by atoms with van der Waals surface area (Å²) in [5.74, 6) is -1.32. The SMILES string of the molecule is N[C@@H](C(=O)O)c1cc(S)ccc1O. The van der Waals surface area contributed by atoms with Gasteiger partial charge in [0.25, 0.3) is 0 Å². The first-order valence-electron chi connectivity index (χ1n) is 3.52. The maximum absolute atomic E-state index is 10.5. The zero-order valence-corrected chi connectivity index (χ0v) is 7.53. The zero-order valence-electron chi connectivity index (χ0n) is 6.64. The van der Waals surface area contributed by atoms with Gasteiger partial charge in [-0.3, -0.25) is 4.79 Å². The van der Waals surface area contributed by atoms with Gasteiger partial charge >= 0.3 is 5.97 Å². The highest BCUT2D eigenvalue weighted by molar-refractivity contribution is 7.80. The Hall–Kier alpha value is -1.20. The van der Waals surface area contributed by atoms with Crippen LogP contribution in [0, 0.1) is 0 Å². The lowest BCUT2D eigenvalue weighted by atomic mass is 10.1. The van der Waals surface area contributed by atoms with E-state index in [4.69, 9.17) is 10.8 Å². The number of nitrogens with two attached hydrogens (primary N) is 1. The van der Waals surface area contributed by atoms with Crippen LogP contribution in [0.3, 0.4) is 0 Å². The van der Waals surface area contributed by atoms with E-state index in [1.165, 1.54) is 12.1 Å². The predicted octanol–water partition coefficient (Wildman–Crippen LogP) is 0.765. The minimum Gasteiger partial charge on any atom is -0.508 e. The zero-order chi connectivity index (χ0) is 10.0. The summed E-state index contributed by atoms with van der Waals surface area (Å²) in [7, 11) is 0. The van der Waals surface area contributed by atoms with Crippen LogP contribution in [0.25, 0.3) is 0 Å². The first kappa shape index (κ1) is 9.88. The van der Waals surface area contributed by atoms with E-state index in [0.717, 1.165) is 0 Å². The largest absolute Gasteiger partial charge is 0.508 e. The molecular formula is C8H9NO3S. The van der Waals surface area contributed by atoms with Gasteiger partial charge in [-0.15, -0.1) is 12.6 Å². The Balaban J connectivity index is 3.12. The average Bonchev–Trinajstić information content (AvgIpc) is 2.08. The molecule has 5 heteroatoms. The summed E-state index contributed by atoms with van der Waals surface area (Å²) in [5.41, 5.74) is 5.48. The lowest BCUT2D eigenvalue weighted by molar-refractivity contribution is -0.138. The molecule has 0 bridgehead atoms. The summed E-state index contributed by atoms with van der Waals surface area (Å²) in [6, 6.07) is 3.13. The molecule has 0 fully saturated rings. The molecule has 0 heterocycles. The fraction of sp³-hybridized carbons (Fsp3) is 0.125. The quantitative estimate of drug-likeness (QED) is 0.530. The molecule has 4 N–H and O–H groups in total. The number of rotatable bonds is 2. The van der Waals surface area contributed by atoms with Crippen molar-refractivity contribution in [3.8, 4) is 5.75 Å². The fourth-order valence-electron chi connectivity index (χ4n) is 0.924. The molecule has 0 aliphatic heterocycles.